The second-order valence-corrected chi connectivity index (χ2v) is 4.51. The number of nitrogens with zero attached hydrogens (tertiary/aromatic N) is 3. The molecule has 1 amide bonds. The number of piperidine rings is 1. The van der Waals surface area contributed by atoms with Crippen LogP contribution in [-0.2, 0) is 11.3 Å². The Morgan fingerprint density at radius 3 is 2.71 bits per heavy atom. The lowest BCUT2D eigenvalue weighted by Gasteiger charge is -2.26. The SMILES string of the molecule is O=C(Cn1cnc(Cl)cc1=O)N1CCCCC1. The molecule has 92 valence electrons. The number of hydrogen-bond donors (Lipinski definition) is 0. The molecule has 0 spiro atoms. The van der Waals surface area contributed by atoms with Crippen molar-refractivity contribution < 1.29 is 4.79 Å². The molecule has 1 fully saturated rings. The lowest BCUT2D eigenvalue weighted by atomic mass is 10.1. The van der Waals surface area contributed by atoms with Crippen LogP contribution in [0.3, 0.4) is 0 Å². The van der Waals surface area contributed by atoms with E-state index in [-0.39, 0.29) is 23.2 Å². The van der Waals surface area contributed by atoms with Crippen LogP contribution in [0.4, 0.5) is 0 Å². The molecule has 1 aliphatic rings. The molecule has 5 nitrogen and oxygen atoms in total. The standard InChI is InChI=1S/C11H14ClN3O2/c12-9-6-10(16)15(8-13-9)7-11(17)14-4-2-1-3-5-14/h6,8H,1-5,7H2. The van der Waals surface area contributed by atoms with Gasteiger partial charge in [-0.3, -0.25) is 14.2 Å². The Bertz CT molecular complexity index is 466. The fourth-order valence-electron chi connectivity index (χ4n) is 1.91. The van der Waals surface area contributed by atoms with Gasteiger partial charge in [-0.25, -0.2) is 4.98 Å². The molecule has 1 saturated heterocycles. The highest BCUT2D eigenvalue weighted by molar-refractivity contribution is 6.29. The van der Waals surface area contributed by atoms with Crippen LogP contribution in [0.1, 0.15) is 19.3 Å². The Morgan fingerprint density at radius 2 is 2.06 bits per heavy atom. The zero-order valence-corrected chi connectivity index (χ0v) is 10.2. The van der Waals surface area contributed by atoms with Crippen molar-refractivity contribution in [3.8, 4) is 0 Å². The van der Waals surface area contributed by atoms with Crippen LogP contribution in [0, 0.1) is 0 Å². The van der Waals surface area contributed by atoms with E-state index in [1.807, 2.05) is 0 Å². The summed E-state index contributed by atoms with van der Waals surface area (Å²) in [6.45, 7) is 1.62. The van der Waals surface area contributed by atoms with Gasteiger partial charge in [-0.2, -0.15) is 0 Å². The van der Waals surface area contributed by atoms with E-state index in [9.17, 15) is 9.59 Å². The number of aromatic nitrogens is 2. The van der Waals surface area contributed by atoms with Gasteiger partial charge in [-0.05, 0) is 19.3 Å². The van der Waals surface area contributed by atoms with E-state index in [1.54, 1.807) is 4.90 Å². The van der Waals surface area contributed by atoms with E-state index >= 15 is 0 Å². The number of rotatable bonds is 2. The third-order valence-electron chi connectivity index (χ3n) is 2.86. The number of carbonyl (C=O) groups is 1. The van der Waals surface area contributed by atoms with Crippen LogP contribution in [0.2, 0.25) is 5.15 Å². The Balaban J connectivity index is 2.04. The number of amides is 1. The molecule has 0 aliphatic carbocycles. The van der Waals surface area contributed by atoms with Gasteiger partial charge in [0, 0.05) is 19.2 Å². The largest absolute Gasteiger partial charge is 0.341 e. The second-order valence-electron chi connectivity index (χ2n) is 4.12. The highest BCUT2D eigenvalue weighted by Gasteiger charge is 2.16. The maximum Gasteiger partial charge on any atom is 0.255 e. The van der Waals surface area contributed by atoms with Gasteiger partial charge in [-0.1, -0.05) is 11.6 Å². The number of hydrogen-bond acceptors (Lipinski definition) is 3. The van der Waals surface area contributed by atoms with Gasteiger partial charge in [0.1, 0.15) is 11.7 Å². The van der Waals surface area contributed by atoms with Crippen LogP contribution >= 0.6 is 11.6 Å². The smallest absolute Gasteiger partial charge is 0.255 e. The highest BCUT2D eigenvalue weighted by Crippen LogP contribution is 2.09. The molecule has 17 heavy (non-hydrogen) atoms. The van der Waals surface area contributed by atoms with Crippen molar-refractivity contribution in [3.05, 3.63) is 27.9 Å². The Labute approximate surface area is 104 Å². The van der Waals surface area contributed by atoms with Crippen molar-refractivity contribution in [3.63, 3.8) is 0 Å². The van der Waals surface area contributed by atoms with E-state index in [2.05, 4.69) is 4.98 Å². The summed E-state index contributed by atoms with van der Waals surface area (Å²) in [6.07, 6.45) is 4.57. The summed E-state index contributed by atoms with van der Waals surface area (Å²) in [4.78, 5) is 29.0. The van der Waals surface area contributed by atoms with Gasteiger partial charge in [0.05, 0.1) is 6.33 Å². The Morgan fingerprint density at radius 1 is 1.35 bits per heavy atom. The van der Waals surface area contributed by atoms with Crippen molar-refractivity contribution in [2.45, 2.75) is 25.8 Å². The van der Waals surface area contributed by atoms with Crippen LogP contribution in [-0.4, -0.2) is 33.4 Å². The quantitative estimate of drug-likeness (QED) is 0.738. The average molecular weight is 256 g/mol. The van der Waals surface area contributed by atoms with Crippen molar-refractivity contribution >= 4 is 17.5 Å². The first-order chi connectivity index (χ1) is 8.16. The molecule has 2 rings (SSSR count). The predicted octanol–water partition coefficient (Wildman–Crippen LogP) is 0.909. The molecule has 0 saturated carbocycles. The maximum atomic E-state index is 11.9. The first kappa shape index (κ1) is 12.1. The van der Waals surface area contributed by atoms with Gasteiger partial charge in [-0.15, -0.1) is 0 Å². The molecular weight excluding hydrogens is 242 g/mol. The van der Waals surface area contributed by atoms with Crippen LogP contribution in [0.5, 0.6) is 0 Å². The van der Waals surface area contributed by atoms with E-state index in [0.29, 0.717) is 0 Å². The summed E-state index contributed by atoms with van der Waals surface area (Å²) in [5.41, 5.74) is -0.296. The van der Waals surface area contributed by atoms with Gasteiger partial charge in [0.2, 0.25) is 5.91 Å². The first-order valence-electron chi connectivity index (χ1n) is 5.66. The van der Waals surface area contributed by atoms with Crippen LogP contribution in [0.25, 0.3) is 0 Å². The topological polar surface area (TPSA) is 55.2 Å². The number of carbonyl (C=O) groups excluding carboxylic acids is 1. The molecule has 0 N–H and O–H groups in total. The molecule has 1 aliphatic heterocycles. The monoisotopic (exact) mass is 255 g/mol. The first-order valence-corrected chi connectivity index (χ1v) is 6.04. The average Bonchev–Trinajstić information content (AvgIpc) is 2.34. The van der Waals surface area contributed by atoms with Gasteiger partial charge < -0.3 is 4.90 Å². The molecule has 0 bridgehead atoms. The summed E-state index contributed by atoms with van der Waals surface area (Å²) in [7, 11) is 0. The third kappa shape index (κ3) is 3.06. The minimum atomic E-state index is -0.296. The summed E-state index contributed by atoms with van der Waals surface area (Å²) in [5, 5.41) is 0.150. The van der Waals surface area contributed by atoms with Crippen LogP contribution < -0.4 is 5.56 Å². The maximum absolute atomic E-state index is 11.9. The zero-order chi connectivity index (χ0) is 12.3. The Kier molecular flexibility index (Phi) is 3.78. The molecule has 6 heteroatoms. The Hall–Kier alpha value is -1.36. The van der Waals surface area contributed by atoms with Crippen molar-refractivity contribution in [2.24, 2.45) is 0 Å². The lowest BCUT2D eigenvalue weighted by Crippen LogP contribution is -2.39. The molecule has 1 aromatic rings. The van der Waals surface area contributed by atoms with E-state index in [1.165, 1.54) is 23.4 Å². The van der Waals surface area contributed by atoms with Crippen molar-refractivity contribution in [2.75, 3.05) is 13.1 Å². The third-order valence-corrected chi connectivity index (χ3v) is 3.07. The molecule has 0 radical (unpaired) electrons. The van der Waals surface area contributed by atoms with Gasteiger partial charge >= 0.3 is 0 Å². The normalized spacial score (nSPS) is 15.9. The lowest BCUT2D eigenvalue weighted by molar-refractivity contribution is -0.132. The van der Waals surface area contributed by atoms with E-state index < -0.39 is 0 Å². The molecule has 1 aromatic heterocycles. The van der Waals surface area contributed by atoms with Crippen molar-refractivity contribution in [1.82, 2.24) is 14.5 Å². The summed E-state index contributed by atoms with van der Waals surface area (Å²) >= 11 is 5.58. The summed E-state index contributed by atoms with van der Waals surface area (Å²) in [6, 6.07) is 1.21. The highest BCUT2D eigenvalue weighted by atomic mass is 35.5. The molecule has 0 aromatic carbocycles. The van der Waals surface area contributed by atoms with E-state index in [0.717, 1.165) is 25.9 Å². The van der Waals surface area contributed by atoms with Gasteiger partial charge in [0.15, 0.2) is 0 Å². The molecular formula is C11H14ClN3O2. The number of halogens is 1. The minimum Gasteiger partial charge on any atom is -0.341 e. The molecule has 0 atom stereocenters. The fraction of sp³-hybridized carbons (Fsp3) is 0.545. The summed E-state index contributed by atoms with van der Waals surface area (Å²) < 4.78 is 1.28. The predicted molar refractivity (Wildman–Crippen MR) is 63.9 cm³/mol. The fourth-order valence-corrected chi connectivity index (χ4v) is 2.05. The van der Waals surface area contributed by atoms with Crippen molar-refractivity contribution in [1.29, 1.82) is 0 Å². The minimum absolute atomic E-state index is 0.0316. The summed E-state index contributed by atoms with van der Waals surface area (Å²) in [5.74, 6) is -0.0316. The number of likely N-dealkylation sites (tertiary alicyclic amines) is 1. The molecule has 2 heterocycles. The van der Waals surface area contributed by atoms with Crippen LogP contribution in [0.15, 0.2) is 17.2 Å². The zero-order valence-electron chi connectivity index (χ0n) is 9.43. The van der Waals surface area contributed by atoms with Gasteiger partial charge in [0.25, 0.3) is 5.56 Å². The molecule has 0 unspecified atom stereocenters. The van der Waals surface area contributed by atoms with E-state index in [4.69, 9.17) is 11.6 Å². The second kappa shape index (κ2) is 5.31.